The Balaban J connectivity index is 1.62. The molecule has 0 saturated carbocycles. The van der Waals surface area contributed by atoms with Crippen molar-refractivity contribution in [3.63, 3.8) is 0 Å². The second kappa shape index (κ2) is 9.82. The average Bonchev–Trinajstić information content (AvgIpc) is 3.15. The summed E-state index contributed by atoms with van der Waals surface area (Å²) in [5.74, 6) is 1.10. The van der Waals surface area contributed by atoms with Gasteiger partial charge in [0.2, 0.25) is 5.91 Å². The van der Waals surface area contributed by atoms with Crippen LogP contribution in [0.2, 0.25) is 0 Å². The molecule has 3 amide bonds. The Morgan fingerprint density at radius 1 is 1.16 bits per heavy atom. The van der Waals surface area contributed by atoms with E-state index in [9.17, 15) is 14.0 Å². The van der Waals surface area contributed by atoms with Crippen LogP contribution in [0.4, 0.5) is 9.18 Å². The Morgan fingerprint density at radius 3 is 2.66 bits per heavy atom. The molecule has 1 fully saturated rings. The van der Waals surface area contributed by atoms with Gasteiger partial charge in [0.25, 0.3) is 0 Å². The van der Waals surface area contributed by atoms with Crippen LogP contribution in [0.5, 0.6) is 5.75 Å². The van der Waals surface area contributed by atoms with E-state index in [2.05, 4.69) is 20.8 Å². The normalized spacial score (nSPS) is 15.9. The second-order valence-electron chi connectivity index (χ2n) is 7.17. The summed E-state index contributed by atoms with van der Waals surface area (Å²) in [7, 11) is 0. The van der Waals surface area contributed by atoms with Crippen LogP contribution in [0, 0.1) is 5.82 Å². The Bertz CT molecular complexity index is 1100. The third-order valence-electron chi connectivity index (χ3n) is 4.87. The van der Waals surface area contributed by atoms with Crippen LogP contribution >= 0.6 is 11.8 Å². The number of hydrogen-bond acceptors (Lipinski definition) is 6. The van der Waals surface area contributed by atoms with Crippen molar-refractivity contribution in [3.05, 3.63) is 65.7 Å². The molecule has 166 valence electrons. The summed E-state index contributed by atoms with van der Waals surface area (Å²) in [5.41, 5.74) is 1.37. The molecule has 0 bridgehead atoms. The Morgan fingerprint density at radius 2 is 1.94 bits per heavy atom. The Kier molecular flexibility index (Phi) is 6.69. The van der Waals surface area contributed by atoms with Gasteiger partial charge >= 0.3 is 6.03 Å². The van der Waals surface area contributed by atoms with Gasteiger partial charge in [-0.25, -0.2) is 9.18 Å². The van der Waals surface area contributed by atoms with Crippen molar-refractivity contribution >= 4 is 23.7 Å². The number of carbonyl (C=O) groups excluding carboxylic acids is 2. The molecule has 1 atom stereocenters. The number of aromatic nitrogens is 3. The number of halogens is 1. The first-order valence-electron chi connectivity index (χ1n) is 10.2. The standard InChI is InChI=1S/C22H22FN5O3S/c1-2-31-17-9-7-16(8-10-17)28-19(11-15-12-20(29)25-21(30)24-15)26-27-22(28)32-13-14-5-3-4-6-18(14)23/h3-10,15H,2,11-13H2,1H3,(H2,24,25,29,30). The summed E-state index contributed by atoms with van der Waals surface area (Å²) in [4.78, 5) is 23.4. The van der Waals surface area contributed by atoms with E-state index in [1.165, 1.54) is 17.8 Å². The third-order valence-corrected chi connectivity index (χ3v) is 5.85. The minimum atomic E-state index is -0.521. The first-order valence-corrected chi connectivity index (χ1v) is 11.2. The van der Waals surface area contributed by atoms with Crippen LogP contribution in [-0.4, -0.2) is 39.4 Å². The summed E-state index contributed by atoms with van der Waals surface area (Å²) in [6.07, 6.45) is 0.471. The number of nitrogens with zero attached hydrogens (tertiary/aromatic N) is 3. The van der Waals surface area contributed by atoms with Gasteiger partial charge in [0.15, 0.2) is 5.16 Å². The molecule has 2 heterocycles. The third kappa shape index (κ3) is 5.08. The van der Waals surface area contributed by atoms with Crippen molar-refractivity contribution < 1.29 is 18.7 Å². The predicted molar refractivity (Wildman–Crippen MR) is 117 cm³/mol. The molecule has 0 aliphatic carbocycles. The lowest BCUT2D eigenvalue weighted by Gasteiger charge is -2.23. The molecule has 8 nitrogen and oxygen atoms in total. The SMILES string of the molecule is CCOc1ccc(-n2c(CC3CC(=O)NC(=O)N3)nnc2SCc2ccccc2F)cc1. The molecule has 0 radical (unpaired) electrons. The van der Waals surface area contributed by atoms with Gasteiger partial charge in [0.05, 0.1) is 6.61 Å². The van der Waals surface area contributed by atoms with Gasteiger partial charge in [-0.1, -0.05) is 30.0 Å². The second-order valence-corrected chi connectivity index (χ2v) is 8.11. The summed E-state index contributed by atoms with van der Waals surface area (Å²) in [6.45, 7) is 2.47. The number of imide groups is 1. The first-order chi connectivity index (χ1) is 15.5. The molecule has 1 aliphatic heterocycles. The molecule has 1 aliphatic rings. The molecule has 10 heteroatoms. The highest BCUT2D eigenvalue weighted by Gasteiger charge is 2.27. The zero-order valence-electron chi connectivity index (χ0n) is 17.4. The molecule has 1 aromatic heterocycles. The van der Waals surface area contributed by atoms with Crippen LogP contribution in [0.1, 0.15) is 24.7 Å². The van der Waals surface area contributed by atoms with Crippen LogP contribution in [0.15, 0.2) is 53.7 Å². The highest BCUT2D eigenvalue weighted by Crippen LogP contribution is 2.28. The summed E-state index contributed by atoms with van der Waals surface area (Å²) < 4.78 is 21.5. The molecular formula is C22H22FN5O3S. The van der Waals surface area contributed by atoms with E-state index in [4.69, 9.17) is 4.74 Å². The largest absolute Gasteiger partial charge is 0.494 e. The smallest absolute Gasteiger partial charge is 0.321 e. The monoisotopic (exact) mass is 455 g/mol. The summed E-state index contributed by atoms with van der Waals surface area (Å²) in [6, 6.07) is 13.2. The number of urea groups is 1. The number of rotatable bonds is 8. The Hall–Kier alpha value is -3.40. The van der Waals surface area contributed by atoms with Gasteiger partial charge in [0, 0.05) is 30.3 Å². The maximum atomic E-state index is 14.1. The van der Waals surface area contributed by atoms with Gasteiger partial charge in [-0.15, -0.1) is 10.2 Å². The van der Waals surface area contributed by atoms with Crippen LogP contribution < -0.4 is 15.4 Å². The molecule has 1 saturated heterocycles. The average molecular weight is 456 g/mol. The van der Waals surface area contributed by atoms with Crippen LogP contribution in [0.25, 0.3) is 5.69 Å². The van der Waals surface area contributed by atoms with Crippen molar-refractivity contribution in [1.82, 2.24) is 25.4 Å². The van der Waals surface area contributed by atoms with Crippen LogP contribution in [0.3, 0.4) is 0 Å². The minimum Gasteiger partial charge on any atom is -0.494 e. The van der Waals surface area contributed by atoms with E-state index in [0.717, 1.165) is 11.4 Å². The highest BCUT2D eigenvalue weighted by molar-refractivity contribution is 7.98. The van der Waals surface area contributed by atoms with Crippen molar-refractivity contribution in [3.8, 4) is 11.4 Å². The van der Waals surface area contributed by atoms with Gasteiger partial charge in [-0.2, -0.15) is 0 Å². The lowest BCUT2D eigenvalue weighted by Crippen LogP contribution is -2.53. The molecule has 2 N–H and O–H groups in total. The van der Waals surface area contributed by atoms with Gasteiger partial charge in [-0.3, -0.25) is 14.7 Å². The van der Waals surface area contributed by atoms with Crippen molar-refractivity contribution in [2.24, 2.45) is 0 Å². The van der Waals surface area contributed by atoms with Crippen molar-refractivity contribution in [2.45, 2.75) is 36.7 Å². The molecular weight excluding hydrogens is 433 g/mol. The number of carbonyl (C=O) groups is 2. The van der Waals surface area contributed by atoms with E-state index in [1.807, 2.05) is 35.8 Å². The van der Waals surface area contributed by atoms with Crippen molar-refractivity contribution in [2.75, 3.05) is 6.61 Å². The van der Waals surface area contributed by atoms with Crippen LogP contribution in [-0.2, 0) is 17.0 Å². The molecule has 3 aromatic rings. The molecule has 1 unspecified atom stereocenters. The summed E-state index contributed by atoms with van der Waals surface area (Å²) >= 11 is 1.36. The lowest BCUT2D eigenvalue weighted by atomic mass is 10.1. The first kappa shape index (κ1) is 21.8. The quantitative estimate of drug-likeness (QED) is 0.506. The lowest BCUT2D eigenvalue weighted by molar-refractivity contribution is -0.121. The minimum absolute atomic E-state index is 0.152. The highest BCUT2D eigenvalue weighted by atomic mass is 32.2. The zero-order chi connectivity index (χ0) is 22.5. The number of benzene rings is 2. The fraction of sp³-hybridized carbons (Fsp3) is 0.273. The maximum Gasteiger partial charge on any atom is 0.321 e. The molecule has 32 heavy (non-hydrogen) atoms. The molecule has 2 aromatic carbocycles. The number of amides is 3. The molecule has 4 rings (SSSR count). The van der Waals surface area contributed by atoms with E-state index in [1.54, 1.807) is 18.2 Å². The topological polar surface area (TPSA) is 98.1 Å². The number of ether oxygens (including phenoxy) is 1. The predicted octanol–water partition coefficient (Wildman–Crippen LogP) is 3.24. The Labute approximate surface area is 188 Å². The van der Waals surface area contributed by atoms with Gasteiger partial charge in [-0.05, 0) is 42.8 Å². The fourth-order valence-corrected chi connectivity index (χ4v) is 4.38. The van der Waals surface area contributed by atoms with Gasteiger partial charge < -0.3 is 10.1 Å². The van der Waals surface area contributed by atoms with Crippen molar-refractivity contribution in [1.29, 1.82) is 0 Å². The van der Waals surface area contributed by atoms with Gasteiger partial charge in [0.1, 0.15) is 17.4 Å². The van der Waals surface area contributed by atoms with E-state index in [0.29, 0.717) is 35.3 Å². The number of thioether (sulfide) groups is 1. The van der Waals surface area contributed by atoms with E-state index in [-0.39, 0.29) is 18.1 Å². The van der Waals surface area contributed by atoms with E-state index >= 15 is 0 Å². The summed E-state index contributed by atoms with van der Waals surface area (Å²) in [5, 5.41) is 14.2. The number of nitrogens with one attached hydrogen (secondary N) is 2. The number of hydrogen-bond donors (Lipinski definition) is 2. The zero-order valence-corrected chi connectivity index (χ0v) is 18.2. The maximum absolute atomic E-state index is 14.1. The van der Waals surface area contributed by atoms with E-state index < -0.39 is 12.1 Å². The fourth-order valence-electron chi connectivity index (χ4n) is 3.42. The molecule has 0 spiro atoms.